The van der Waals surface area contributed by atoms with E-state index in [0.717, 1.165) is 23.7 Å². The average molecular weight is 297 g/mol. The summed E-state index contributed by atoms with van der Waals surface area (Å²) in [7, 11) is 0. The number of likely N-dealkylation sites (tertiary alicyclic amines) is 1. The molecule has 112 valence electrons. The van der Waals surface area contributed by atoms with Crippen LogP contribution in [0.3, 0.4) is 0 Å². The number of hydrogen-bond acceptors (Lipinski definition) is 4. The largest absolute Gasteiger partial charge is 0.396 e. The van der Waals surface area contributed by atoms with Crippen LogP contribution in [0.5, 0.6) is 0 Å². The van der Waals surface area contributed by atoms with E-state index in [1.165, 1.54) is 0 Å². The molecular formula is C14H23N3O2S. The van der Waals surface area contributed by atoms with Crippen molar-refractivity contribution in [2.45, 2.75) is 39.2 Å². The molecule has 1 unspecified atom stereocenters. The van der Waals surface area contributed by atoms with Gasteiger partial charge in [-0.1, -0.05) is 20.8 Å². The fourth-order valence-corrected chi connectivity index (χ4v) is 3.13. The van der Waals surface area contributed by atoms with Gasteiger partial charge in [0.2, 0.25) is 0 Å². The molecule has 5 nitrogen and oxygen atoms in total. The summed E-state index contributed by atoms with van der Waals surface area (Å²) in [5.41, 5.74) is 1.11. The van der Waals surface area contributed by atoms with Gasteiger partial charge in [-0.15, -0.1) is 11.3 Å². The standard InChI is InChI=1S/C14H23N3O2S/c1-14(2,3)11-9-20-12(16-11)6-15-13(19)17-5-4-10(7-17)8-18/h9-10,18H,4-8H2,1-3H3,(H,15,19). The zero-order valence-corrected chi connectivity index (χ0v) is 13.2. The summed E-state index contributed by atoms with van der Waals surface area (Å²) in [4.78, 5) is 18.3. The number of nitrogens with zero attached hydrogens (tertiary/aromatic N) is 2. The first-order valence-corrected chi connectivity index (χ1v) is 7.86. The van der Waals surface area contributed by atoms with Gasteiger partial charge in [0.15, 0.2) is 0 Å². The van der Waals surface area contributed by atoms with Crippen molar-refractivity contribution in [3.8, 4) is 0 Å². The maximum Gasteiger partial charge on any atom is 0.317 e. The number of aliphatic hydroxyl groups is 1. The third-order valence-electron chi connectivity index (χ3n) is 3.54. The van der Waals surface area contributed by atoms with E-state index in [1.54, 1.807) is 16.2 Å². The van der Waals surface area contributed by atoms with Crippen LogP contribution in [0.25, 0.3) is 0 Å². The molecule has 1 atom stereocenters. The van der Waals surface area contributed by atoms with Crippen LogP contribution in [0.1, 0.15) is 37.9 Å². The molecule has 20 heavy (non-hydrogen) atoms. The van der Waals surface area contributed by atoms with Gasteiger partial charge in [-0.25, -0.2) is 9.78 Å². The molecule has 0 bridgehead atoms. The van der Waals surface area contributed by atoms with Gasteiger partial charge in [0, 0.05) is 36.4 Å². The molecule has 1 aliphatic rings. The Kier molecular flexibility index (Phi) is 4.65. The van der Waals surface area contributed by atoms with Gasteiger partial charge >= 0.3 is 6.03 Å². The zero-order valence-electron chi connectivity index (χ0n) is 12.3. The molecule has 0 radical (unpaired) electrons. The van der Waals surface area contributed by atoms with Crippen molar-refractivity contribution in [3.05, 3.63) is 16.1 Å². The third kappa shape index (κ3) is 3.70. The number of nitrogens with one attached hydrogen (secondary N) is 1. The first-order valence-electron chi connectivity index (χ1n) is 6.98. The van der Waals surface area contributed by atoms with Crippen molar-refractivity contribution in [3.63, 3.8) is 0 Å². The highest BCUT2D eigenvalue weighted by atomic mass is 32.1. The smallest absolute Gasteiger partial charge is 0.317 e. The Balaban J connectivity index is 1.83. The Labute approximate surface area is 124 Å². The minimum Gasteiger partial charge on any atom is -0.396 e. The number of urea groups is 1. The highest BCUT2D eigenvalue weighted by Gasteiger charge is 2.25. The number of rotatable bonds is 3. The van der Waals surface area contributed by atoms with Crippen molar-refractivity contribution in [1.29, 1.82) is 0 Å². The van der Waals surface area contributed by atoms with Crippen LogP contribution in [0, 0.1) is 5.92 Å². The zero-order chi connectivity index (χ0) is 14.8. The Hall–Kier alpha value is -1.14. The van der Waals surface area contributed by atoms with E-state index in [-0.39, 0.29) is 24.0 Å². The normalized spacial score (nSPS) is 19.4. The maximum atomic E-state index is 12.0. The number of carbonyl (C=O) groups excluding carboxylic acids is 1. The summed E-state index contributed by atoms with van der Waals surface area (Å²) < 4.78 is 0. The lowest BCUT2D eigenvalue weighted by molar-refractivity contribution is 0.198. The van der Waals surface area contributed by atoms with Crippen molar-refractivity contribution in [2.24, 2.45) is 5.92 Å². The minimum atomic E-state index is -0.0616. The van der Waals surface area contributed by atoms with E-state index in [0.29, 0.717) is 13.1 Å². The second kappa shape index (κ2) is 6.10. The number of aromatic nitrogens is 1. The molecule has 0 saturated carbocycles. The fraction of sp³-hybridized carbons (Fsp3) is 0.714. The van der Waals surface area contributed by atoms with E-state index >= 15 is 0 Å². The lowest BCUT2D eigenvalue weighted by Crippen LogP contribution is -2.38. The predicted octanol–water partition coefficient (Wildman–Crippen LogP) is 1.96. The lowest BCUT2D eigenvalue weighted by atomic mass is 9.93. The summed E-state index contributed by atoms with van der Waals surface area (Å²) in [5, 5.41) is 15.0. The monoisotopic (exact) mass is 297 g/mol. The van der Waals surface area contributed by atoms with Crippen molar-refractivity contribution in [2.75, 3.05) is 19.7 Å². The SMILES string of the molecule is CC(C)(C)c1csc(CNC(=O)N2CCC(CO)C2)n1. The Morgan fingerprint density at radius 3 is 2.90 bits per heavy atom. The summed E-state index contributed by atoms with van der Waals surface area (Å²) in [6, 6.07) is -0.0616. The molecule has 1 aromatic heterocycles. The van der Waals surface area contributed by atoms with Crippen LogP contribution in [-0.2, 0) is 12.0 Å². The van der Waals surface area contributed by atoms with Crippen LogP contribution in [0.4, 0.5) is 4.79 Å². The topological polar surface area (TPSA) is 65.5 Å². The number of thiazole rings is 1. The molecule has 0 aliphatic carbocycles. The number of aliphatic hydroxyl groups excluding tert-OH is 1. The van der Waals surface area contributed by atoms with Gasteiger partial charge in [0.25, 0.3) is 0 Å². The van der Waals surface area contributed by atoms with Crippen molar-refractivity contribution < 1.29 is 9.90 Å². The van der Waals surface area contributed by atoms with E-state index in [1.807, 2.05) is 0 Å². The predicted molar refractivity (Wildman–Crippen MR) is 79.8 cm³/mol. The van der Waals surface area contributed by atoms with Gasteiger partial charge in [-0.2, -0.15) is 0 Å². The van der Waals surface area contributed by atoms with E-state index in [2.05, 4.69) is 36.5 Å². The summed E-state index contributed by atoms with van der Waals surface area (Å²) in [6.45, 7) is 8.39. The first kappa shape index (κ1) is 15.3. The number of hydrogen-bond donors (Lipinski definition) is 2. The number of carbonyl (C=O) groups is 1. The van der Waals surface area contributed by atoms with Gasteiger partial charge in [0.1, 0.15) is 5.01 Å². The van der Waals surface area contributed by atoms with Crippen LogP contribution < -0.4 is 5.32 Å². The van der Waals surface area contributed by atoms with E-state index < -0.39 is 0 Å². The Morgan fingerprint density at radius 2 is 2.35 bits per heavy atom. The maximum absolute atomic E-state index is 12.0. The van der Waals surface area contributed by atoms with Crippen LogP contribution in [-0.4, -0.2) is 40.7 Å². The van der Waals surface area contributed by atoms with Gasteiger partial charge < -0.3 is 15.3 Å². The number of amides is 2. The third-order valence-corrected chi connectivity index (χ3v) is 4.39. The van der Waals surface area contributed by atoms with Crippen molar-refractivity contribution in [1.82, 2.24) is 15.2 Å². The molecular weight excluding hydrogens is 274 g/mol. The molecule has 2 N–H and O–H groups in total. The molecule has 2 rings (SSSR count). The average Bonchev–Trinajstić information content (AvgIpc) is 3.04. The molecule has 1 fully saturated rings. The van der Waals surface area contributed by atoms with Gasteiger partial charge in [-0.05, 0) is 6.42 Å². The second-order valence-electron chi connectivity index (χ2n) is 6.32. The highest BCUT2D eigenvalue weighted by Crippen LogP contribution is 2.23. The molecule has 0 spiro atoms. The van der Waals surface area contributed by atoms with Crippen LogP contribution in [0.2, 0.25) is 0 Å². The van der Waals surface area contributed by atoms with Crippen LogP contribution in [0.15, 0.2) is 5.38 Å². The Morgan fingerprint density at radius 1 is 1.60 bits per heavy atom. The molecule has 2 amide bonds. The lowest BCUT2D eigenvalue weighted by Gasteiger charge is -2.16. The molecule has 1 aliphatic heterocycles. The highest BCUT2D eigenvalue weighted by molar-refractivity contribution is 7.09. The van der Waals surface area contributed by atoms with Crippen molar-refractivity contribution >= 4 is 17.4 Å². The van der Waals surface area contributed by atoms with Gasteiger partial charge in [-0.3, -0.25) is 0 Å². The molecule has 1 saturated heterocycles. The molecule has 0 aromatic carbocycles. The summed E-state index contributed by atoms with van der Waals surface area (Å²) in [6.07, 6.45) is 0.884. The Bertz CT molecular complexity index is 467. The fourth-order valence-electron chi connectivity index (χ4n) is 2.17. The quantitative estimate of drug-likeness (QED) is 0.896. The summed E-state index contributed by atoms with van der Waals surface area (Å²) >= 11 is 1.58. The molecule has 2 heterocycles. The summed E-state index contributed by atoms with van der Waals surface area (Å²) in [5.74, 6) is 0.230. The molecule has 6 heteroatoms. The van der Waals surface area contributed by atoms with Crippen LogP contribution >= 0.6 is 11.3 Å². The van der Waals surface area contributed by atoms with Gasteiger partial charge in [0.05, 0.1) is 12.2 Å². The minimum absolute atomic E-state index is 0.0437. The van der Waals surface area contributed by atoms with E-state index in [9.17, 15) is 4.79 Å². The van der Waals surface area contributed by atoms with E-state index in [4.69, 9.17) is 5.11 Å². The second-order valence-corrected chi connectivity index (χ2v) is 7.26. The first-order chi connectivity index (χ1) is 9.40. The molecule has 1 aromatic rings.